The van der Waals surface area contributed by atoms with Crippen molar-refractivity contribution in [2.45, 2.75) is 32.1 Å². The Kier molecular flexibility index (Phi) is 4.98. The molecule has 0 N–H and O–H groups in total. The highest BCUT2D eigenvalue weighted by atomic mass is 35.5. The van der Waals surface area contributed by atoms with Gasteiger partial charge in [0.25, 0.3) is 0 Å². The minimum Gasteiger partial charge on any atom is -0.144 e. The monoisotopic (exact) mass is 322 g/mol. The summed E-state index contributed by atoms with van der Waals surface area (Å²) in [5.74, 6) is 1.39. The van der Waals surface area contributed by atoms with Gasteiger partial charge in [-0.1, -0.05) is 30.9 Å². The molecule has 0 spiro atoms. The van der Waals surface area contributed by atoms with Crippen molar-refractivity contribution >= 4 is 40.4 Å². The molecule has 0 unspecified atom stereocenters. The van der Waals surface area contributed by atoms with E-state index in [-0.39, 0.29) is 0 Å². The SMILES string of the molecule is ClC/C(=C/c1cc(-c2cccs2)cs1)C1CCCCC1. The van der Waals surface area contributed by atoms with Crippen LogP contribution in [0.4, 0.5) is 0 Å². The van der Waals surface area contributed by atoms with E-state index in [9.17, 15) is 0 Å². The zero-order chi connectivity index (χ0) is 13.8. The number of thiophene rings is 2. The van der Waals surface area contributed by atoms with Gasteiger partial charge in [-0.3, -0.25) is 0 Å². The molecule has 0 bridgehead atoms. The van der Waals surface area contributed by atoms with Crippen LogP contribution in [0.15, 0.2) is 34.5 Å². The minimum atomic E-state index is 0.677. The van der Waals surface area contributed by atoms with E-state index in [0.717, 1.165) is 0 Å². The van der Waals surface area contributed by atoms with Crippen LogP contribution in [-0.4, -0.2) is 5.88 Å². The average Bonchev–Trinajstić information content (AvgIpc) is 3.16. The Bertz CT molecular complexity index is 560. The molecule has 0 radical (unpaired) electrons. The molecule has 1 saturated carbocycles. The standard InChI is InChI=1S/C17H19ClS2/c18-11-14(13-5-2-1-3-6-13)9-16-10-15(12-20-16)17-7-4-8-19-17/h4,7-10,12-13H,1-3,5-6,11H2/b14-9-. The summed E-state index contributed by atoms with van der Waals surface area (Å²) in [7, 11) is 0. The molecular weight excluding hydrogens is 304 g/mol. The Morgan fingerprint density at radius 1 is 1.25 bits per heavy atom. The van der Waals surface area contributed by atoms with Gasteiger partial charge in [0, 0.05) is 21.2 Å². The van der Waals surface area contributed by atoms with E-state index in [2.05, 4.69) is 35.0 Å². The molecule has 0 aliphatic heterocycles. The van der Waals surface area contributed by atoms with Crippen molar-refractivity contribution in [2.75, 3.05) is 5.88 Å². The predicted molar refractivity (Wildman–Crippen MR) is 92.9 cm³/mol. The van der Waals surface area contributed by atoms with Gasteiger partial charge >= 0.3 is 0 Å². The van der Waals surface area contributed by atoms with Crippen LogP contribution in [0.25, 0.3) is 16.5 Å². The van der Waals surface area contributed by atoms with E-state index in [1.807, 2.05) is 11.3 Å². The van der Waals surface area contributed by atoms with Gasteiger partial charge in [-0.05, 0) is 47.7 Å². The Morgan fingerprint density at radius 2 is 2.10 bits per heavy atom. The lowest BCUT2D eigenvalue weighted by Gasteiger charge is -2.23. The first-order valence-electron chi connectivity index (χ1n) is 7.25. The summed E-state index contributed by atoms with van der Waals surface area (Å²) in [6.07, 6.45) is 9.11. The topological polar surface area (TPSA) is 0 Å². The summed E-state index contributed by atoms with van der Waals surface area (Å²) < 4.78 is 0. The quantitative estimate of drug-likeness (QED) is 0.551. The van der Waals surface area contributed by atoms with Crippen molar-refractivity contribution in [1.82, 2.24) is 0 Å². The average molecular weight is 323 g/mol. The molecule has 0 nitrogen and oxygen atoms in total. The number of allylic oxidation sites excluding steroid dienone is 1. The van der Waals surface area contributed by atoms with E-state index < -0.39 is 0 Å². The molecule has 20 heavy (non-hydrogen) atoms. The van der Waals surface area contributed by atoms with Crippen LogP contribution in [0.2, 0.25) is 0 Å². The van der Waals surface area contributed by atoms with Crippen LogP contribution >= 0.6 is 34.3 Å². The first-order valence-corrected chi connectivity index (χ1v) is 9.55. The van der Waals surface area contributed by atoms with Gasteiger partial charge in [-0.2, -0.15) is 0 Å². The van der Waals surface area contributed by atoms with Crippen molar-refractivity contribution in [3.05, 3.63) is 39.4 Å². The first kappa shape index (κ1) is 14.4. The molecule has 1 aliphatic carbocycles. The molecule has 0 atom stereocenters. The number of halogens is 1. The second-order valence-electron chi connectivity index (χ2n) is 5.40. The third kappa shape index (κ3) is 3.36. The van der Waals surface area contributed by atoms with E-state index in [1.54, 1.807) is 11.3 Å². The summed E-state index contributed by atoms with van der Waals surface area (Å²) in [4.78, 5) is 2.70. The van der Waals surface area contributed by atoms with Gasteiger partial charge in [-0.25, -0.2) is 0 Å². The third-order valence-corrected chi connectivity index (χ3v) is 6.14. The minimum absolute atomic E-state index is 0.677. The maximum Gasteiger partial charge on any atom is 0.0439 e. The molecule has 1 aliphatic rings. The van der Waals surface area contributed by atoms with Crippen LogP contribution < -0.4 is 0 Å². The highest BCUT2D eigenvalue weighted by molar-refractivity contribution is 7.15. The summed E-state index contributed by atoms with van der Waals surface area (Å²) in [5, 5.41) is 4.39. The molecule has 3 heteroatoms. The zero-order valence-electron chi connectivity index (χ0n) is 11.5. The fraction of sp³-hybridized carbons (Fsp3) is 0.412. The summed E-state index contributed by atoms with van der Waals surface area (Å²) in [5.41, 5.74) is 2.78. The molecule has 0 amide bonds. The number of hydrogen-bond acceptors (Lipinski definition) is 2. The van der Waals surface area contributed by atoms with Crippen LogP contribution in [-0.2, 0) is 0 Å². The van der Waals surface area contributed by atoms with Gasteiger partial charge in [0.1, 0.15) is 0 Å². The fourth-order valence-electron chi connectivity index (χ4n) is 2.92. The molecule has 0 aromatic carbocycles. The number of alkyl halides is 1. The highest BCUT2D eigenvalue weighted by Crippen LogP contribution is 2.34. The largest absolute Gasteiger partial charge is 0.144 e. The highest BCUT2D eigenvalue weighted by Gasteiger charge is 2.17. The molecule has 2 heterocycles. The number of rotatable bonds is 4. The molecule has 2 aromatic rings. The van der Waals surface area contributed by atoms with Gasteiger partial charge in [0.05, 0.1) is 0 Å². The molecule has 2 aromatic heterocycles. The van der Waals surface area contributed by atoms with E-state index in [4.69, 9.17) is 11.6 Å². The van der Waals surface area contributed by atoms with Gasteiger partial charge in [0.2, 0.25) is 0 Å². The van der Waals surface area contributed by atoms with Gasteiger partial charge < -0.3 is 0 Å². The summed E-state index contributed by atoms with van der Waals surface area (Å²) in [6, 6.07) is 6.59. The van der Waals surface area contributed by atoms with Crippen molar-refractivity contribution in [3.63, 3.8) is 0 Å². The number of hydrogen-bond donors (Lipinski definition) is 0. The van der Waals surface area contributed by atoms with Crippen molar-refractivity contribution in [2.24, 2.45) is 5.92 Å². The van der Waals surface area contributed by atoms with Gasteiger partial charge in [0.15, 0.2) is 0 Å². The third-order valence-electron chi connectivity index (χ3n) is 4.04. The molecule has 0 saturated heterocycles. The van der Waals surface area contributed by atoms with Crippen molar-refractivity contribution < 1.29 is 0 Å². The molecular formula is C17H19ClS2. The van der Waals surface area contributed by atoms with Crippen molar-refractivity contribution in [3.8, 4) is 10.4 Å². The lowest BCUT2D eigenvalue weighted by atomic mass is 9.84. The zero-order valence-corrected chi connectivity index (χ0v) is 13.9. The lowest BCUT2D eigenvalue weighted by Crippen LogP contribution is -2.10. The second kappa shape index (κ2) is 6.93. The Morgan fingerprint density at radius 3 is 2.80 bits per heavy atom. The summed E-state index contributed by atoms with van der Waals surface area (Å²) in [6.45, 7) is 0. The first-order chi connectivity index (χ1) is 9.86. The smallest absolute Gasteiger partial charge is 0.0439 e. The van der Waals surface area contributed by atoms with Crippen LogP contribution in [0.5, 0.6) is 0 Å². The lowest BCUT2D eigenvalue weighted by molar-refractivity contribution is 0.405. The van der Waals surface area contributed by atoms with Crippen LogP contribution in [0.3, 0.4) is 0 Å². The fourth-order valence-corrected chi connectivity index (χ4v) is 4.88. The van der Waals surface area contributed by atoms with Crippen LogP contribution in [0, 0.1) is 5.92 Å². The maximum atomic E-state index is 6.20. The van der Waals surface area contributed by atoms with E-state index in [0.29, 0.717) is 11.8 Å². The van der Waals surface area contributed by atoms with Crippen LogP contribution in [0.1, 0.15) is 37.0 Å². The summed E-state index contributed by atoms with van der Waals surface area (Å²) >= 11 is 9.82. The Hall–Kier alpha value is -0.570. The predicted octanol–water partition coefficient (Wildman–Crippen LogP) is 6.68. The van der Waals surface area contributed by atoms with E-state index >= 15 is 0 Å². The normalized spacial score (nSPS) is 17.6. The Balaban J connectivity index is 1.79. The Labute approximate surface area is 134 Å². The molecule has 1 fully saturated rings. The molecule has 3 rings (SSSR count). The molecule has 106 valence electrons. The second-order valence-corrected chi connectivity index (χ2v) is 7.56. The maximum absolute atomic E-state index is 6.20. The van der Waals surface area contributed by atoms with E-state index in [1.165, 1.54) is 53.0 Å². The van der Waals surface area contributed by atoms with Gasteiger partial charge in [-0.15, -0.1) is 34.3 Å². The van der Waals surface area contributed by atoms with Crippen molar-refractivity contribution in [1.29, 1.82) is 0 Å².